The molecule has 0 aliphatic heterocycles. The Morgan fingerprint density at radius 2 is 2.22 bits per heavy atom. The van der Waals surface area contributed by atoms with Crippen LogP contribution in [0.5, 0.6) is 0 Å². The number of hydrogen-bond acceptors (Lipinski definition) is 2. The molecule has 3 nitrogen and oxygen atoms in total. The number of unbranched alkanes of at least 4 members (excludes halogenated alkanes) is 1. The van der Waals surface area contributed by atoms with Crippen molar-refractivity contribution < 1.29 is 0 Å². The van der Waals surface area contributed by atoms with Gasteiger partial charge in [-0.15, -0.1) is 6.58 Å². The van der Waals surface area contributed by atoms with Gasteiger partial charge < -0.3 is 9.88 Å². The van der Waals surface area contributed by atoms with E-state index in [2.05, 4.69) is 46.6 Å². The Bertz CT molecular complexity index is 513. The third-order valence-corrected chi connectivity index (χ3v) is 3.04. The smallest absolute Gasteiger partial charge is 0.124 e. The van der Waals surface area contributed by atoms with Gasteiger partial charge in [0, 0.05) is 6.54 Å². The highest BCUT2D eigenvalue weighted by molar-refractivity contribution is 5.75. The molecule has 18 heavy (non-hydrogen) atoms. The molecule has 0 bridgehead atoms. The van der Waals surface area contributed by atoms with Crippen LogP contribution in [0.2, 0.25) is 0 Å². The molecule has 0 spiro atoms. The third kappa shape index (κ3) is 2.79. The molecule has 0 amide bonds. The molecule has 1 N–H and O–H groups in total. The van der Waals surface area contributed by atoms with Gasteiger partial charge in [-0.2, -0.15) is 0 Å². The number of imidazole rings is 1. The van der Waals surface area contributed by atoms with E-state index in [4.69, 9.17) is 0 Å². The highest BCUT2D eigenvalue weighted by Crippen LogP contribution is 2.15. The summed E-state index contributed by atoms with van der Waals surface area (Å²) < 4.78 is 2.22. The number of nitrogens with zero attached hydrogens (tertiary/aromatic N) is 2. The SMILES string of the molecule is C=CCn1c(CNCCCC)nc2ccccc21. The summed E-state index contributed by atoms with van der Waals surface area (Å²) in [6, 6.07) is 8.26. The maximum atomic E-state index is 4.68. The van der Waals surface area contributed by atoms with Crippen LogP contribution in [0, 0.1) is 0 Å². The summed E-state index contributed by atoms with van der Waals surface area (Å²) in [5, 5.41) is 3.44. The Hall–Kier alpha value is -1.61. The van der Waals surface area contributed by atoms with Gasteiger partial charge in [0.15, 0.2) is 0 Å². The molecule has 3 heteroatoms. The molecule has 2 rings (SSSR count). The monoisotopic (exact) mass is 243 g/mol. The Kier molecular flexibility index (Phi) is 4.53. The zero-order valence-electron chi connectivity index (χ0n) is 11.0. The Labute approximate surface area is 109 Å². The number of hydrogen-bond donors (Lipinski definition) is 1. The van der Waals surface area contributed by atoms with Crippen LogP contribution in [0.25, 0.3) is 11.0 Å². The second-order valence-electron chi connectivity index (χ2n) is 4.45. The lowest BCUT2D eigenvalue weighted by molar-refractivity contribution is 0.604. The van der Waals surface area contributed by atoms with E-state index in [-0.39, 0.29) is 0 Å². The zero-order chi connectivity index (χ0) is 12.8. The molecule has 0 unspecified atom stereocenters. The van der Waals surface area contributed by atoms with Crippen molar-refractivity contribution in [2.24, 2.45) is 0 Å². The number of aromatic nitrogens is 2. The molecule has 0 aliphatic rings. The summed E-state index contributed by atoms with van der Waals surface area (Å²) >= 11 is 0. The predicted octanol–water partition coefficient (Wildman–Crippen LogP) is 3.11. The molecule has 0 saturated carbocycles. The number of fused-ring (bicyclic) bond motifs is 1. The fourth-order valence-corrected chi connectivity index (χ4v) is 2.10. The van der Waals surface area contributed by atoms with Crippen molar-refractivity contribution in [1.82, 2.24) is 14.9 Å². The van der Waals surface area contributed by atoms with E-state index < -0.39 is 0 Å². The second kappa shape index (κ2) is 6.36. The first-order chi connectivity index (χ1) is 8.86. The van der Waals surface area contributed by atoms with Crippen molar-refractivity contribution in [1.29, 1.82) is 0 Å². The minimum absolute atomic E-state index is 0.811. The molecule has 0 saturated heterocycles. The predicted molar refractivity (Wildman–Crippen MR) is 76.5 cm³/mol. The summed E-state index contributed by atoms with van der Waals surface area (Å²) in [7, 11) is 0. The van der Waals surface area contributed by atoms with Crippen LogP contribution < -0.4 is 5.32 Å². The first-order valence-electron chi connectivity index (χ1n) is 6.62. The normalized spacial score (nSPS) is 10.9. The maximum absolute atomic E-state index is 4.68. The molecular weight excluding hydrogens is 222 g/mol. The average Bonchev–Trinajstić information content (AvgIpc) is 2.74. The second-order valence-corrected chi connectivity index (χ2v) is 4.45. The van der Waals surface area contributed by atoms with E-state index in [1.165, 1.54) is 18.4 Å². The van der Waals surface area contributed by atoms with Gasteiger partial charge in [-0.3, -0.25) is 0 Å². The topological polar surface area (TPSA) is 29.9 Å². The van der Waals surface area contributed by atoms with Crippen molar-refractivity contribution in [3.8, 4) is 0 Å². The van der Waals surface area contributed by atoms with Crippen molar-refractivity contribution in [3.05, 3.63) is 42.7 Å². The van der Waals surface area contributed by atoms with E-state index in [0.717, 1.165) is 31.0 Å². The summed E-state index contributed by atoms with van der Waals surface area (Å²) in [6.07, 6.45) is 4.35. The molecule has 0 fully saturated rings. The minimum atomic E-state index is 0.811. The molecule has 96 valence electrons. The number of para-hydroxylation sites is 2. The van der Waals surface area contributed by atoms with Crippen LogP contribution in [0.3, 0.4) is 0 Å². The molecule has 0 radical (unpaired) electrons. The molecule has 0 aliphatic carbocycles. The van der Waals surface area contributed by atoms with Crippen LogP contribution in [-0.2, 0) is 13.1 Å². The van der Waals surface area contributed by atoms with Crippen LogP contribution in [0.1, 0.15) is 25.6 Å². The fraction of sp³-hybridized carbons (Fsp3) is 0.400. The Morgan fingerprint density at radius 3 is 3.00 bits per heavy atom. The van der Waals surface area contributed by atoms with Crippen LogP contribution in [0.4, 0.5) is 0 Å². The minimum Gasteiger partial charge on any atom is -0.323 e. The fourth-order valence-electron chi connectivity index (χ4n) is 2.10. The largest absolute Gasteiger partial charge is 0.323 e. The molecule has 0 atom stereocenters. The average molecular weight is 243 g/mol. The van der Waals surface area contributed by atoms with Gasteiger partial charge in [-0.25, -0.2) is 4.98 Å². The molecule has 2 aromatic rings. The van der Waals surface area contributed by atoms with Gasteiger partial charge in [-0.05, 0) is 25.1 Å². The highest BCUT2D eigenvalue weighted by atomic mass is 15.1. The maximum Gasteiger partial charge on any atom is 0.124 e. The standard InChI is InChI=1S/C15H21N3/c1-3-5-10-16-12-15-17-13-8-6-7-9-14(13)18(15)11-4-2/h4,6-9,16H,2-3,5,10-12H2,1H3. The van der Waals surface area contributed by atoms with E-state index in [1.807, 2.05) is 12.1 Å². The number of benzene rings is 1. The lowest BCUT2D eigenvalue weighted by Crippen LogP contribution is -2.18. The molecular formula is C15H21N3. The van der Waals surface area contributed by atoms with Gasteiger partial charge in [-0.1, -0.05) is 31.6 Å². The van der Waals surface area contributed by atoms with E-state index in [0.29, 0.717) is 0 Å². The molecule has 1 heterocycles. The van der Waals surface area contributed by atoms with E-state index in [1.54, 1.807) is 0 Å². The van der Waals surface area contributed by atoms with Crippen molar-refractivity contribution in [2.75, 3.05) is 6.54 Å². The summed E-state index contributed by atoms with van der Waals surface area (Å²) in [6.45, 7) is 8.71. The third-order valence-electron chi connectivity index (χ3n) is 3.04. The van der Waals surface area contributed by atoms with Crippen LogP contribution in [-0.4, -0.2) is 16.1 Å². The summed E-state index contributed by atoms with van der Waals surface area (Å²) in [4.78, 5) is 4.68. The Morgan fingerprint density at radius 1 is 1.39 bits per heavy atom. The molecule has 1 aromatic heterocycles. The zero-order valence-corrected chi connectivity index (χ0v) is 11.0. The van der Waals surface area contributed by atoms with Crippen molar-refractivity contribution >= 4 is 11.0 Å². The quantitative estimate of drug-likeness (QED) is 0.598. The van der Waals surface area contributed by atoms with Crippen molar-refractivity contribution in [2.45, 2.75) is 32.9 Å². The lowest BCUT2D eigenvalue weighted by Gasteiger charge is -2.07. The van der Waals surface area contributed by atoms with Gasteiger partial charge in [0.25, 0.3) is 0 Å². The highest BCUT2D eigenvalue weighted by Gasteiger charge is 2.08. The lowest BCUT2D eigenvalue weighted by atomic mass is 10.3. The number of allylic oxidation sites excluding steroid dienone is 1. The summed E-state index contributed by atoms with van der Waals surface area (Å²) in [5.41, 5.74) is 2.25. The van der Waals surface area contributed by atoms with E-state index >= 15 is 0 Å². The first kappa shape index (κ1) is 12.8. The van der Waals surface area contributed by atoms with Gasteiger partial charge >= 0.3 is 0 Å². The summed E-state index contributed by atoms with van der Waals surface area (Å²) in [5.74, 6) is 1.09. The van der Waals surface area contributed by atoms with Crippen LogP contribution >= 0.6 is 0 Å². The van der Waals surface area contributed by atoms with Crippen LogP contribution in [0.15, 0.2) is 36.9 Å². The number of rotatable bonds is 7. The van der Waals surface area contributed by atoms with Crippen molar-refractivity contribution in [3.63, 3.8) is 0 Å². The molecule has 1 aromatic carbocycles. The first-order valence-corrected chi connectivity index (χ1v) is 6.62. The van der Waals surface area contributed by atoms with E-state index in [9.17, 15) is 0 Å². The number of nitrogens with one attached hydrogen (secondary N) is 1. The van der Waals surface area contributed by atoms with Gasteiger partial charge in [0.1, 0.15) is 5.82 Å². The Balaban J connectivity index is 2.19. The van der Waals surface area contributed by atoms with Gasteiger partial charge in [0.2, 0.25) is 0 Å². The van der Waals surface area contributed by atoms with Gasteiger partial charge in [0.05, 0.1) is 17.6 Å².